The van der Waals surface area contributed by atoms with Gasteiger partial charge in [-0.15, -0.1) is 0 Å². The first-order valence-corrected chi connectivity index (χ1v) is 5.89. The quantitative estimate of drug-likeness (QED) is 0.361. The fourth-order valence-corrected chi connectivity index (χ4v) is 1.55. The molecule has 1 saturated carbocycles. The van der Waals surface area contributed by atoms with Gasteiger partial charge in [-0.25, -0.2) is 4.79 Å². The van der Waals surface area contributed by atoms with Crippen molar-refractivity contribution in [1.29, 1.82) is 0 Å². The van der Waals surface area contributed by atoms with Gasteiger partial charge < -0.3 is 19.9 Å². The predicted octanol–water partition coefficient (Wildman–Crippen LogP) is 1.82. The van der Waals surface area contributed by atoms with Gasteiger partial charge in [0.05, 0.1) is 13.7 Å². The maximum absolute atomic E-state index is 11.8. The Labute approximate surface area is 106 Å². The molecule has 1 fully saturated rings. The molecule has 0 spiro atoms. The van der Waals surface area contributed by atoms with E-state index in [-0.39, 0.29) is 6.79 Å². The van der Waals surface area contributed by atoms with E-state index in [1.807, 2.05) is 0 Å². The molecule has 0 bridgehead atoms. The summed E-state index contributed by atoms with van der Waals surface area (Å²) < 4.78 is 15.3. The van der Waals surface area contributed by atoms with Gasteiger partial charge in [-0.1, -0.05) is 0 Å². The number of nitrogen functional groups attached to an aromatic ring is 1. The lowest BCUT2D eigenvalue weighted by Gasteiger charge is -2.09. The Hall–Kier alpha value is -1.75. The smallest absolute Gasteiger partial charge is 0.344 e. The standard InChI is InChI=1S/C13H17NO4/c1-16-12-6-10(14)4-5-11(12)13(15)18-8-17-7-9-2-3-9/h4-6,9H,2-3,7-8,14H2,1H3. The number of ether oxygens (including phenoxy) is 3. The van der Waals surface area contributed by atoms with Gasteiger partial charge in [-0.2, -0.15) is 0 Å². The Morgan fingerprint density at radius 2 is 2.22 bits per heavy atom. The first kappa shape index (κ1) is 12.7. The van der Waals surface area contributed by atoms with E-state index in [4.69, 9.17) is 19.9 Å². The highest BCUT2D eigenvalue weighted by molar-refractivity contribution is 5.93. The lowest BCUT2D eigenvalue weighted by molar-refractivity contribution is -0.0346. The van der Waals surface area contributed by atoms with Crippen LogP contribution >= 0.6 is 0 Å². The molecule has 2 rings (SSSR count). The summed E-state index contributed by atoms with van der Waals surface area (Å²) in [6.07, 6.45) is 2.42. The Balaban J connectivity index is 1.86. The minimum atomic E-state index is -0.470. The van der Waals surface area contributed by atoms with E-state index in [0.29, 0.717) is 29.5 Å². The van der Waals surface area contributed by atoms with Crippen molar-refractivity contribution in [3.8, 4) is 5.75 Å². The molecule has 0 saturated heterocycles. The number of nitrogens with two attached hydrogens (primary N) is 1. The van der Waals surface area contributed by atoms with Crippen LogP contribution in [0.15, 0.2) is 18.2 Å². The molecule has 0 aromatic heterocycles. The van der Waals surface area contributed by atoms with Crippen LogP contribution in [0.4, 0.5) is 5.69 Å². The molecule has 18 heavy (non-hydrogen) atoms. The number of esters is 1. The van der Waals surface area contributed by atoms with Crippen molar-refractivity contribution in [2.75, 3.05) is 26.2 Å². The van der Waals surface area contributed by atoms with Crippen molar-refractivity contribution in [3.63, 3.8) is 0 Å². The molecule has 1 aliphatic rings. The molecule has 0 aliphatic heterocycles. The predicted molar refractivity (Wildman–Crippen MR) is 66.4 cm³/mol. The highest BCUT2D eigenvalue weighted by Gasteiger charge is 2.21. The van der Waals surface area contributed by atoms with Gasteiger partial charge in [-0.3, -0.25) is 0 Å². The highest BCUT2D eigenvalue weighted by atomic mass is 16.7. The van der Waals surface area contributed by atoms with Crippen molar-refractivity contribution in [3.05, 3.63) is 23.8 Å². The number of anilines is 1. The van der Waals surface area contributed by atoms with Crippen LogP contribution in [0, 0.1) is 5.92 Å². The average molecular weight is 251 g/mol. The Morgan fingerprint density at radius 3 is 2.89 bits per heavy atom. The van der Waals surface area contributed by atoms with Gasteiger partial charge in [0.2, 0.25) is 0 Å². The van der Waals surface area contributed by atoms with Crippen LogP contribution in [0.25, 0.3) is 0 Å². The van der Waals surface area contributed by atoms with Gasteiger partial charge in [0.25, 0.3) is 0 Å². The summed E-state index contributed by atoms with van der Waals surface area (Å²) in [5, 5.41) is 0. The van der Waals surface area contributed by atoms with Crippen LogP contribution in [0.3, 0.4) is 0 Å². The summed E-state index contributed by atoms with van der Waals surface area (Å²) in [6, 6.07) is 4.79. The molecule has 5 nitrogen and oxygen atoms in total. The second-order valence-corrected chi connectivity index (χ2v) is 4.32. The molecule has 0 amide bonds. The van der Waals surface area contributed by atoms with Crippen LogP contribution in [-0.4, -0.2) is 26.5 Å². The van der Waals surface area contributed by atoms with E-state index in [9.17, 15) is 4.79 Å². The minimum absolute atomic E-state index is 0.0249. The molecule has 0 atom stereocenters. The van der Waals surface area contributed by atoms with Crippen molar-refractivity contribution >= 4 is 11.7 Å². The van der Waals surface area contributed by atoms with E-state index in [0.717, 1.165) is 0 Å². The van der Waals surface area contributed by atoms with Crippen LogP contribution < -0.4 is 10.5 Å². The molecule has 0 heterocycles. The van der Waals surface area contributed by atoms with E-state index in [1.54, 1.807) is 18.2 Å². The summed E-state index contributed by atoms with van der Waals surface area (Å²) in [5.41, 5.74) is 6.49. The summed E-state index contributed by atoms with van der Waals surface area (Å²) in [5.74, 6) is 0.583. The first-order valence-electron chi connectivity index (χ1n) is 5.89. The molecule has 1 aliphatic carbocycles. The molecular weight excluding hydrogens is 234 g/mol. The maximum atomic E-state index is 11.8. The fourth-order valence-electron chi connectivity index (χ4n) is 1.55. The molecule has 2 N–H and O–H groups in total. The zero-order valence-corrected chi connectivity index (χ0v) is 10.3. The third-order valence-electron chi connectivity index (χ3n) is 2.77. The Bertz CT molecular complexity index is 429. The molecule has 98 valence electrons. The SMILES string of the molecule is COc1cc(N)ccc1C(=O)OCOCC1CC1. The second-order valence-electron chi connectivity index (χ2n) is 4.32. The van der Waals surface area contributed by atoms with Crippen LogP contribution in [0.2, 0.25) is 0 Å². The number of hydrogen-bond donors (Lipinski definition) is 1. The van der Waals surface area contributed by atoms with Gasteiger partial charge in [0, 0.05) is 11.8 Å². The number of carbonyl (C=O) groups excluding carboxylic acids is 1. The monoisotopic (exact) mass is 251 g/mol. The van der Waals surface area contributed by atoms with E-state index in [1.165, 1.54) is 20.0 Å². The maximum Gasteiger partial charge on any atom is 0.344 e. The van der Waals surface area contributed by atoms with Gasteiger partial charge in [-0.05, 0) is 30.9 Å². The number of hydrogen-bond acceptors (Lipinski definition) is 5. The summed E-state index contributed by atoms with van der Waals surface area (Å²) >= 11 is 0. The van der Waals surface area contributed by atoms with Crippen molar-refractivity contribution in [1.82, 2.24) is 0 Å². The summed E-state index contributed by atoms with van der Waals surface area (Å²) in [6.45, 7) is 0.634. The van der Waals surface area contributed by atoms with Crippen molar-refractivity contribution < 1.29 is 19.0 Å². The Kier molecular flexibility index (Phi) is 4.04. The molecular formula is C13H17NO4. The lowest BCUT2D eigenvalue weighted by atomic mass is 10.2. The van der Waals surface area contributed by atoms with E-state index < -0.39 is 5.97 Å². The highest BCUT2D eigenvalue weighted by Crippen LogP contribution is 2.28. The summed E-state index contributed by atoms with van der Waals surface area (Å²) in [7, 11) is 1.48. The van der Waals surface area contributed by atoms with Gasteiger partial charge >= 0.3 is 5.97 Å². The molecule has 1 aromatic rings. The topological polar surface area (TPSA) is 70.8 Å². The van der Waals surface area contributed by atoms with Gasteiger partial charge in [0.1, 0.15) is 11.3 Å². The van der Waals surface area contributed by atoms with Crippen LogP contribution in [0.1, 0.15) is 23.2 Å². The van der Waals surface area contributed by atoms with E-state index in [2.05, 4.69) is 0 Å². The van der Waals surface area contributed by atoms with Gasteiger partial charge in [0.15, 0.2) is 6.79 Å². The largest absolute Gasteiger partial charge is 0.496 e. The third kappa shape index (κ3) is 3.37. The Morgan fingerprint density at radius 1 is 1.44 bits per heavy atom. The average Bonchev–Trinajstić information content (AvgIpc) is 3.18. The normalized spacial score (nSPS) is 14.3. The lowest BCUT2D eigenvalue weighted by Crippen LogP contribution is -2.11. The molecule has 0 unspecified atom stereocenters. The number of rotatable bonds is 6. The number of benzene rings is 1. The fraction of sp³-hybridized carbons (Fsp3) is 0.462. The molecule has 5 heteroatoms. The number of carbonyl (C=O) groups is 1. The third-order valence-corrected chi connectivity index (χ3v) is 2.77. The van der Waals surface area contributed by atoms with Crippen molar-refractivity contribution in [2.24, 2.45) is 5.92 Å². The molecule has 1 aromatic carbocycles. The zero-order valence-electron chi connectivity index (χ0n) is 10.3. The second kappa shape index (κ2) is 5.73. The van der Waals surface area contributed by atoms with E-state index >= 15 is 0 Å². The van der Waals surface area contributed by atoms with Crippen molar-refractivity contribution in [2.45, 2.75) is 12.8 Å². The minimum Gasteiger partial charge on any atom is -0.496 e. The van der Waals surface area contributed by atoms with Crippen LogP contribution in [0.5, 0.6) is 5.75 Å². The zero-order chi connectivity index (χ0) is 13.0. The first-order chi connectivity index (χ1) is 8.70. The molecule has 0 radical (unpaired) electrons. The van der Waals surface area contributed by atoms with Crippen LogP contribution in [-0.2, 0) is 9.47 Å². The summed E-state index contributed by atoms with van der Waals surface area (Å²) in [4.78, 5) is 11.8. The number of methoxy groups -OCH3 is 1.